The van der Waals surface area contributed by atoms with E-state index in [1.807, 2.05) is 0 Å². The van der Waals surface area contributed by atoms with Crippen LogP contribution in [0.4, 0.5) is 0 Å². The van der Waals surface area contributed by atoms with Gasteiger partial charge in [0.2, 0.25) is 5.91 Å². The van der Waals surface area contributed by atoms with E-state index in [4.69, 9.17) is 0 Å². The molecule has 1 saturated heterocycles. The van der Waals surface area contributed by atoms with Crippen LogP contribution in [0.15, 0.2) is 0 Å². The van der Waals surface area contributed by atoms with Crippen LogP contribution in [-0.2, 0) is 4.79 Å². The van der Waals surface area contributed by atoms with Crippen molar-refractivity contribution in [3.8, 4) is 0 Å². The van der Waals surface area contributed by atoms with Crippen LogP contribution in [-0.4, -0.2) is 24.5 Å². The summed E-state index contributed by atoms with van der Waals surface area (Å²) in [5, 5.41) is 6.43. The van der Waals surface area contributed by atoms with E-state index in [2.05, 4.69) is 10.6 Å². The summed E-state index contributed by atoms with van der Waals surface area (Å²) in [6.45, 7) is 1.00. The van der Waals surface area contributed by atoms with Gasteiger partial charge in [-0.25, -0.2) is 0 Å². The molecule has 0 aromatic rings. The monoisotopic (exact) mass is 196 g/mol. The molecule has 2 rings (SSSR count). The Morgan fingerprint density at radius 3 is 2.43 bits per heavy atom. The maximum Gasteiger partial charge on any atom is 0.237 e. The molecular weight excluding hydrogens is 176 g/mol. The second-order valence-corrected chi connectivity index (χ2v) is 4.49. The Hall–Kier alpha value is -0.570. The van der Waals surface area contributed by atoms with Crippen molar-refractivity contribution in [2.75, 3.05) is 6.54 Å². The number of carbonyl (C=O) groups is 1. The first-order valence-corrected chi connectivity index (χ1v) is 5.90. The molecule has 14 heavy (non-hydrogen) atoms. The average Bonchev–Trinajstić information content (AvgIpc) is 2.72. The number of rotatable bonds is 2. The molecule has 3 nitrogen and oxygen atoms in total. The summed E-state index contributed by atoms with van der Waals surface area (Å²) in [6, 6.07) is 0.551. The highest BCUT2D eigenvalue weighted by molar-refractivity contribution is 5.82. The van der Waals surface area contributed by atoms with Crippen molar-refractivity contribution < 1.29 is 4.79 Å². The number of amides is 1. The Morgan fingerprint density at radius 1 is 1.07 bits per heavy atom. The van der Waals surface area contributed by atoms with Gasteiger partial charge < -0.3 is 10.6 Å². The van der Waals surface area contributed by atoms with Gasteiger partial charge in [-0.3, -0.25) is 4.79 Å². The van der Waals surface area contributed by atoms with Gasteiger partial charge in [-0.2, -0.15) is 0 Å². The standard InChI is InChI=1S/C11H20N2O/c14-11(10-7-3-4-8-12-10)13-9-5-1-2-6-9/h9-10,12H,1-8H2,(H,13,14)/t10-/m0/s1. The van der Waals surface area contributed by atoms with E-state index in [9.17, 15) is 4.79 Å². The third-order valence-electron chi connectivity index (χ3n) is 3.33. The molecule has 0 radical (unpaired) electrons. The zero-order chi connectivity index (χ0) is 9.80. The Morgan fingerprint density at radius 2 is 1.79 bits per heavy atom. The van der Waals surface area contributed by atoms with Gasteiger partial charge in [0.05, 0.1) is 6.04 Å². The fourth-order valence-electron chi connectivity index (χ4n) is 2.45. The van der Waals surface area contributed by atoms with Crippen LogP contribution < -0.4 is 10.6 Å². The summed E-state index contributed by atoms with van der Waals surface area (Å²) in [4.78, 5) is 11.8. The molecule has 1 aliphatic heterocycles. The SMILES string of the molecule is O=C(NC1CCCC1)[C@@H]1CCCCN1. The van der Waals surface area contributed by atoms with Crippen LogP contribution in [0, 0.1) is 0 Å². The first-order chi connectivity index (χ1) is 6.86. The van der Waals surface area contributed by atoms with Gasteiger partial charge in [-0.05, 0) is 32.2 Å². The summed E-state index contributed by atoms with van der Waals surface area (Å²) >= 11 is 0. The Kier molecular flexibility index (Phi) is 3.40. The fourth-order valence-corrected chi connectivity index (χ4v) is 2.45. The zero-order valence-electron chi connectivity index (χ0n) is 8.72. The summed E-state index contributed by atoms with van der Waals surface area (Å²) in [7, 11) is 0. The van der Waals surface area contributed by atoms with Crippen LogP contribution in [0.5, 0.6) is 0 Å². The Labute approximate surface area is 85.6 Å². The molecule has 1 atom stereocenters. The smallest absolute Gasteiger partial charge is 0.237 e. The first kappa shape index (κ1) is 9.97. The number of carbonyl (C=O) groups excluding carboxylic acids is 1. The minimum Gasteiger partial charge on any atom is -0.352 e. The second kappa shape index (κ2) is 4.78. The Balaban J connectivity index is 1.75. The third-order valence-corrected chi connectivity index (χ3v) is 3.33. The van der Waals surface area contributed by atoms with Crippen molar-refractivity contribution in [1.29, 1.82) is 0 Å². The predicted octanol–water partition coefficient (Wildman–Crippen LogP) is 1.19. The van der Waals surface area contributed by atoms with Crippen LogP contribution in [0.25, 0.3) is 0 Å². The fraction of sp³-hybridized carbons (Fsp3) is 0.909. The summed E-state index contributed by atoms with van der Waals surface area (Å²) < 4.78 is 0. The molecule has 1 amide bonds. The van der Waals surface area contributed by atoms with E-state index in [0.29, 0.717) is 6.04 Å². The lowest BCUT2D eigenvalue weighted by Crippen LogP contribution is -2.49. The molecule has 1 aliphatic carbocycles. The van der Waals surface area contributed by atoms with Gasteiger partial charge in [0.15, 0.2) is 0 Å². The van der Waals surface area contributed by atoms with Gasteiger partial charge >= 0.3 is 0 Å². The molecule has 0 aromatic heterocycles. The lowest BCUT2D eigenvalue weighted by Gasteiger charge is -2.24. The van der Waals surface area contributed by atoms with Crippen molar-refractivity contribution in [2.45, 2.75) is 57.0 Å². The summed E-state index contributed by atoms with van der Waals surface area (Å²) in [6.07, 6.45) is 8.34. The van der Waals surface area contributed by atoms with E-state index in [1.54, 1.807) is 0 Å². The van der Waals surface area contributed by atoms with Crippen molar-refractivity contribution in [3.05, 3.63) is 0 Å². The van der Waals surface area contributed by atoms with Gasteiger partial charge in [0, 0.05) is 6.04 Å². The average molecular weight is 196 g/mol. The minimum absolute atomic E-state index is 0.0874. The van der Waals surface area contributed by atoms with E-state index in [1.165, 1.54) is 38.5 Å². The molecule has 0 aromatic carbocycles. The van der Waals surface area contributed by atoms with E-state index in [-0.39, 0.29) is 11.9 Å². The molecule has 80 valence electrons. The summed E-state index contributed by atoms with van der Waals surface area (Å²) in [5.74, 6) is 0.233. The molecule has 0 spiro atoms. The number of hydrogen-bond acceptors (Lipinski definition) is 2. The molecule has 0 unspecified atom stereocenters. The number of hydrogen-bond donors (Lipinski definition) is 2. The Bertz CT molecular complexity index is 193. The topological polar surface area (TPSA) is 41.1 Å². The molecule has 1 saturated carbocycles. The highest BCUT2D eigenvalue weighted by Gasteiger charge is 2.24. The summed E-state index contributed by atoms with van der Waals surface area (Å²) in [5.41, 5.74) is 0. The minimum atomic E-state index is 0.0874. The molecule has 2 fully saturated rings. The first-order valence-electron chi connectivity index (χ1n) is 5.90. The van der Waals surface area contributed by atoms with E-state index in [0.717, 1.165) is 13.0 Å². The highest BCUT2D eigenvalue weighted by Crippen LogP contribution is 2.18. The van der Waals surface area contributed by atoms with Gasteiger partial charge in [-0.1, -0.05) is 19.3 Å². The molecule has 2 N–H and O–H groups in total. The molecule has 0 bridgehead atoms. The van der Waals surface area contributed by atoms with Crippen molar-refractivity contribution in [2.24, 2.45) is 0 Å². The lowest BCUT2D eigenvalue weighted by atomic mass is 10.0. The van der Waals surface area contributed by atoms with Gasteiger partial charge in [0.1, 0.15) is 0 Å². The van der Waals surface area contributed by atoms with E-state index >= 15 is 0 Å². The third kappa shape index (κ3) is 2.47. The molecule has 3 heteroatoms. The van der Waals surface area contributed by atoms with Gasteiger partial charge in [0.25, 0.3) is 0 Å². The van der Waals surface area contributed by atoms with E-state index < -0.39 is 0 Å². The maximum absolute atomic E-state index is 11.8. The number of nitrogens with one attached hydrogen (secondary N) is 2. The second-order valence-electron chi connectivity index (χ2n) is 4.49. The number of piperidine rings is 1. The van der Waals surface area contributed by atoms with Crippen molar-refractivity contribution in [3.63, 3.8) is 0 Å². The van der Waals surface area contributed by atoms with Crippen molar-refractivity contribution in [1.82, 2.24) is 10.6 Å². The van der Waals surface area contributed by atoms with Crippen LogP contribution in [0.3, 0.4) is 0 Å². The van der Waals surface area contributed by atoms with Gasteiger partial charge in [-0.15, -0.1) is 0 Å². The maximum atomic E-state index is 11.8. The molecule has 2 aliphatic rings. The normalized spacial score (nSPS) is 29.0. The predicted molar refractivity (Wildman–Crippen MR) is 56.0 cm³/mol. The lowest BCUT2D eigenvalue weighted by molar-refractivity contribution is -0.124. The largest absolute Gasteiger partial charge is 0.352 e. The van der Waals surface area contributed by atoms with Crippen LogP contribution >= 0.6 is 0 Å². The van der Waals surface area contributed by atoms with Crippen LogP contribution in [0.1, 0.15) is 44.9 Å². The quantitative estimate of drug-likeness (QED) is 0.696. The molecular formula is C11H20N2O. The highest BCUT2D eigenvalue weighted by atomic mass is 16.2. The zero-order valence-corrected chi connectivity index (χ0v) is 8.72. The van der Waals surface area contributed by atoms with Crippen molar-refractivity contribution >= 4 is 5.91 Å². The molecule has 1 heterocycles. The van der Waals surface area contributed by atoms with Crippen LogP contribution in [0.2, 0.25) is 0 Å².